The Morgan fingerprint density at radius 2 is 1.57 bits per heavy atom. The minimum atomic E-state index is -5.21. The zero-order chi connectivity index (χ0) is 37.7. The fraction of sp³-hybridized carbons (Fsp3) is 0.452. The summed E-state index contributed by atoms with van der Waals surface area (Å²) in [6.45, 7) is -0.120. The van der Waals surface area contributed by atoms with E-state index in [4.69, 9.17) is 19.7 Å². The number of carbonyl (C=O) groups is 2. The van der Waals surface area contributed by atoms with Crippen molar-refractivity contribution in [2.24, 2.45) is 0 Å². The number of nitrogens with zero attached hydrogens (tertiary/aromatic N) is 5. The molecule has 0 bridgehead atoms. The summed E-state index contributed by atoms with van der Waals surface area (Å²) in [5, 5.41) is 17.9. The number of hydrogen-bond donors (Lipinski definition) is 2. The molecule has 0 radical (unpaired) electrons. The number of fused-ring (bicyclic) bond motifs is 1. The maximum absolute atomic E-state index is 14.0. The average Bonchev–Trinajstić information content (AvgIpc) is 3.06. The van der Waals surface area contributed by atoms with Crippen LogP contribution >= 0.6 is 0 Å². The van der Waals surface area contributed by atoms with Gasteiger partial charge in [-0.25, -0.2) is 19.7 Å². The zero-order valence-corrected chi connectivity index (χ0v) is 26.5. The molecule has 0 aliphatic carbocycles. The number of anilines is 2. The molecule has 20 heteroatoms. The highest BCUT2D eigenvalue weighted by atomic mass is 19.4. The van der Waals surface area contributed by atoms with Crippen LogP contribution < -0.4 is 14.5 Å². The molecule has 2 N–H and O–H groups in total. The lowest BCUT2D eigenvalue weighted by molar-refractivity contribution is -0.143. The molecule has 1 aliphatic rings. The lowest BCUT2D eigenvalue weighted by Crippen LogP contribution is -2.48. The van der Waals surface area contributed by atoms with Crippen LogP contribution in [0.15, 0.2) is 42.7 Å². The number of carboxylic acids is 1. The average molecular weight is 740 g/mol. The van der Waals surface area contributed by atoms with Crippen molar-refractivity contribution >= 4 is 23.7 Å². The summed E-state index contributed by atoms with van der Waals surface area (Å²) in [7, 11) is 0. The molecule has 1 amide bonds. The van der Waals surface area contributed by atoms with Crippen molar-refractivity contribution in [1.29, 1.82) is 0 Å². The number of alkyl halides is 9. The lowest BCUT2D eigenvalue weighted by atomic mass is 9.91. The van der Waals surface area contributed by atoms with Crippen LogP contribution in [0.1, 0.15) is 66.7 Å². The molecule has 278 valence electrons. The van der Waals surface area contributed by atoms with E-state index in [9.17, 15) is 49.1 Å². The molecule has 1 aliphatic heterocycles. The van der Waals surface area contributed by atoms with Gasteiger partial charge in [0.25, 0.3) is 0 Å². The van der Waals surface area contributed by atoms with E-state index in [1.807, 2.05) is 0 Å². The van der Waals surface area contributed by atoms with Gasteiger partial charge < -0.3 is 24.6 Å². The number of amides is 1. The van der Waals surface area contributed by atoms with E-state index in [1.165, 1.54) is 0 Å². The smallest absolute Gasteiger partial charge is 0.433 e. The monoisotopic (exact) mass is 739 g/mol. The third kappa shape index (κ3) is 9.67. The fourth-order valence-corrected chi connectivity index (χ4v) is 5.39. The van der Waals surface area contributed by atoms with Gasteiger partial charge in [-0.15, -0.1) is 0 Å². The topological polar surface area (TPSA) is 138 Å². The van der Waals surface area contributed by atoms with Crippen LogP contribution in [-0.2, 0) is 34.6 Å². The third-order valence-electron chi connectivity index (χ3n) is 7.66. The van der Waals surface area contributed by atoms with E-state index < -0.39 is 83.9 Å². The van der Waals surface area contributed by atoms with E-state index in [0.717, 1.165) is 28.3 Å². The summed E-state index contributed by atoms with van der Waals surface area (Å²) in [6.07, 6.45) is -14.9. The van der Waals surface area contributed by atoms with Gasteiger partial charge in [-0.3, -0.25) is 9.69 Å². The summed E-state index contributed by atoms with van der Waals surface area (Å²) in [6, 6.07) is 0.124. The molecule has 3 heterocycles. The number of carbonyl (C=O) groups excluding carboxylic acids is 1. The molecule has 4 rings (SSSR count). The molecule has 2 atom stereocenters. The Morgan fingerprint density at radius 1 is 0.941 bits per heavy atom. The maximum Gasteiger partial charge on any atom is 0.433 e. The van der Waals surface area contributed by atoms with Crippen molar-refractivity contribution in [2.75, 3.05) is 29.6 Å². The highest BCUT2D eigenvalue weighted by molar-refractivity contribution is 5.90. The number of halogens is 9. The van der Waals surface area contributed by atoms with Gasteiger partial charge in [0.05, 0.1) is 54.2 Å². The molecular formula is C31H30F9N5O6. The summed E-state index contributed by atoms with van der Waals surface area (Å²) in [5.41, 5.74) is -5.88. The van der Waals surface area contributed by atoms with E-state index >= 15 is 0 Å². The first kappa shape index (κ1) is 38.9. The predicted octanol–water partition coefficient (Wildman–Crippen LogP) is 7.04. The zero-order valence-electron chi connectivity index (χ0n) is 26.5. The normalized spacial score (nSPS) is 16.4. The standard InChI is InChI=1S/C31H30F9N5O6/c1-2-20-13-23(26-22(5-6-24(43-26)31(38,39)40)45(20)28(49)51-8-3-4-25(47)48)44(27-41-14-21(15-42-27)50-9-7-46)16-17-10-18(29(32,33)34)12-19(11-17)30(35,36)37/h5-6,10-12,14-15,20,23,46H,2-4,7-9,13,16H2,1H3,(H,47,48)/t20-,23?/m1/s1. The van der Waals surface area contributed by atoms with E-state index in [0.29, 0.717) is 18.2 Å². The Kier molecular flexibility index (Phi) is 11.9. The first-order valence-corrected chi connectivity index (χ1v) is 15.2. The highest BCUT2D eigenvalue weighted by Gasteiger charge is 2.44. The number of hydrogen-bond acceptors (Lipinski definition) is 9. The van der Waals surface area contributed by atoms with Crippen molar-refractivity contribution in [3.05, 3.63) is 70.8 Å². The van der Waals surface area contributed by atoms with Gasteiger partial charge in [0.15, 0.2) is 5.75 Å². The Morgan fingerprint density at radius 3 is 2.10 bits per heavy atom. The van der Waals surface area contributed by atoms with Crippen LogP contribution in [0, 0.1) is 0 Å². The van der Waals surface area contributed by atoms with Gasteiger partial charge in [-0.1, -0.05) is 6.92 Å². The summed E-state index contributed by atoms with van der Waals surface area (Å²) in [5.74, 6) is -1.51. The van der Waals surface area contributed by atoms with Crippen molar-refractivity contribution < 1.29 is 68.8 Å². The van der Waals surface area contributed by atoms with Crippen LogP contribution in [-0.4, -0.2) is 63.1 Å². The molecule has 1 unspecified atom stereocenters. The number of carboxylic acid groups (broad SMARTS) is 1. The maximum atomic E-state index is 14.0. The minimum Gasteiger partial charge on any atom is -0.488 e. The Labute approximate surface area is 283 Å². The molecule has 0 spiro atoms. The second-order valence-electron chi connectivity index (χ2n) is 11.2. The number of aliphatic hydroxyl groups is 1. The van der Waals surface area contributed by atoms with Crippen molar-refractivity contribution in [2.45, 2.75) is 69.8 Å². The molecule has 0 saturated heterocycles. The second-order valence-corrected chi connectivity index (χ2v) is 11.2. The predicted molar refractivity (Wildman–Crippen MR) is 159 cm³/mol. The van der Waals surface area contributed by atoms with Crippen molar-refractivity contribution in [3.63, 3.8) is 0 Å². The molecule has 2 aromatic heterocycles. The van der Waals surface area contributed by atoms with Gasteiger partial charge in [-0.05, 0) is 55.2 Å². The Bertz CT molecular complexity index is 1650. The molecule has 0 saturated carbocycles. The number of rotatable bonds is 12. The van der Waals surface area contributed by atoms with Crippen molar-refractivity contribution in [3.8, 4) is 5.75 Å². The summed E-state index contributed by atoms with van der Waals surface area (Å²) in [4.78, 5) is 38.3. The van der Waals surface area contributed by atoms with Crippen LogP contribution in [0.2, 0.25) is 0 Å². The molecular weight excluding hydrogens is 709 g/mol. The molecule has 0 fully saturated rings. The molecule has 11 nitrogen and oxygen atoms in total. The number of aliphatic hydroxyl groups excluding tert-OH is 1. The Balaban J connectivity index is 1.90. The number of aliphatic carboxylic acids is 1. The number of aromatic nitrogens is 3. The highest BCUT2D eigenvalue weighted by Crippen LogP contribution is 2.45. The van der Waals surface area contributed by atoms with Gasteiger partial charge in [-0.2, -0.15) is 39.5 Å². The minimum absolute atomic E-state index is 0.0101. The third-order valence-corrected chi connectivity index (χ3v) is 7.66. The van der Waals surface area contributed by atoms with Crippen molar-refractivity contribution in [1.82, 2.24) is 15.0 Å². The number of pyridine rings is 1. The Hall–Kier alpha value is -4.88. The van der Waals surface area contributed by atoms with E-state index in [1.54, 1.807) is 6.92 Å². The first-order chi connectivity index (χ1) is 23.8. The molecule has 3 aromatic rings. The lowest BCUT2D eigenvalue weighted by Gasteiger charge is -2.43. The number of benzene rings is 1. The fourth-order valence-electron chi connectivity index (χ4n) is 5.39. The second kappa shape index (κ2) is 15.6. The molecule has 51 heavy (non-hydrogen) atoms. The van der Waals surface area contributed by atoms with Gasteiger partial charge >= 0.3 is 30.6 Å². The van der Waals surface area contributed by atoms with Gasteiger partial charge in [0, 0.05) is 19.0 Å². The summed E-state index contributed by atoms with van der Waals surface area (Å²) >= 11 is 0. The van der Waals surface area contributed by atoms with Crippen LogP contribution in [0.25, 0.3) is 0 Å². The van der Waals surface area contributed by atoms with Crippen LogP contribution in [0.3, 0.4) is 0 Å². The van der Waals surface area contributed by atoms with E-state index in [2.05, 4.69) is 15.0 Å². The van der Waals surface area contributed by atoms with Gasteiger partial charge in [0.2, 0.25) is 5.95 Å². The number of ether oxygens (including phenoxy) is 2. The van der Waals surface area contributed by atoms with Crippen LogP contribution in [0.4, 0.5) is 55.9 Å². The molecule has 1 aromatic carbocycles. The van der Waals surface area contributed by atoms with Gasteiger partial charge in [0.1, 0.15) is 12.3 Å². The first-order valence-electron chi connectivity index (χ1n) is 15.2. The largest absolute Gasteiger partial charge is 0.488 e. The quantitative estimate of drug-likeness (QED) is 0.147. The van der Waals surface area contributed by atoms with E-state index in [-0.39, 0.29) is 62.3 Å². The SMILES string of the molecule is CC[C@@H]1CC(N(Cc2cc(C(F)(F)F)cc(C(F)(F)F)c2)c2ncc(OCCO)cn2)c2nc(C(F)(F)F)ccc2N1C(=O)OCCCC(=O)O. The summed E-state index contributed by atoms with van der Waals surface area (Å²) < 4.78 is 135. The van der Waals surface area contributed by atoms with Crippen LogP contribution in [0.5, 0.6) is 5.75 Å².